The summed E-state index contributed by atoms with van der Waals surface area (Å²) in [6.07, 6.45) is 2.53. The van der Waals surface area contributed by atoms with Crippen LogP contribution in [-0.4, -0.2) is 0 Å². The van der Waals surface area contributed by atoms with Crippen molar-refractivity contribution in [2.75, 3.05) is 0 Å². The molecule has 0 aliphatic heterocycles. The highest BCUT2D eigenvalue weighted by Crippen LogP contribution is 2.63. The highest BCUT2D eigenvalue weighted by atomic mass is 15.2. The Morgan fingerprint density at radius 1 is 1.00 bits per heavy atom. The van der Waals surface area contributed by atoms with Gasteiger partial charge in [0.1, 0.15) is 0 Å². The molecule has 0 saturated heterocycles. The minimum Gasteiger partial charge on any atom is -0.271 e. The van der Waals surface area contributed by atoms with Crippen LogP contribution in [0.15, 0.2) is 54.6 Å². The van der Waals surface area contributed by atoms with Crippen LogP contribution in [-0.2, 0) is 6.42 Å². The molecule has 0 heterocycles. The van der Waals surface area contributed by atoms with E-state index >= 15 is 0 Å². The van der Waals surface area contributed by atoms with Gasteiger partial charge in [0.05, 0.1) is 0 Å². The first-order valence-corrected chi connectivity index (χ1v) is 7.49. The van der Waals surface area contributed by atoms with Crippen LogP contribution in [0, 0.1) is 11.8 Å². The number of hydrazine groups is 1. The van der Waals surface area contributed by atoms with Crippen LogP contribution in [0.1, 0.15) is 35.1 Å². The second-order valence-electron chi connectivity index (χ2n) is 6.06. The van der Waals surface area contributed by atoms with E-state index in [4.69, 9.17) is 5.84 Å². The summed E-state index contributed by atoms with van der Waals surface area (Å²) in [6, 6.07) is 19.8. The Hall–Kier alpha value is -1.64. The Labute approximate surface area is 120 Å². The van der Waals surface area contributed by atoms with Crippen molar-refractivity contribution >= 4 is 0 Å². The summed E-state index contributed by atoms with van der Waals surface area (Å²) in [5, 5.41) is 0. The number of benzene rings is 2. The van der Waals surface area contributed by atoms with Gasteiger partial charge in [-0.25, -0.2) is 0 Å². The molecule has 2 aromatic rings. The summed E-state index contributed by atoms with van der Waals surface area (Å²) in [7, 11) is 0. The lowest BCUT2D eigenvalue weighted by molar-refractivity contribution is 0.460. The van der Waals surface area contributed by atoms with Crippen LogP contribution >= 0.6 is 0 Å². The third-order valence-corrected chi connectivity index (χ3v) is 5.11. The van der Waals surface area contributed by atoms with E-state index in [1.807, 2.05) is 0 Å². The summed E-state index contributed by atoms with van der Waals surface area (Å²) in [5.74, 6) is 8.01. The average Bonchev–Trinajstić information content (AvgIpc) is 3.24. The number of fused-ring (bicyclic) bond motifs is 3. The fourth-order valence-electron chi connectivity index (χ4n) is 4.16. The number of hydrogen-bond donors (Lipinski definition) is 2. The summed E-state index contributed by atoms with van der Waals surface area (Å²) in [6.45, 7) is 0. The molecular weight excluding hydrogens is 244 g/mol. The fraction of sp³-hybridized carbons (Fsp3) is 0.333. The summed E-state index contributed by atoms with van der Waals surface area (Å²) in [4.78, 5) is 0. The van der Waals surface area contributed by atoms with Gasteiger partial charge in [-0.05, 0) is 47.3 Å². The highest BCUT2D eigenvalue weighted by Gasteiger charge is 2.56. The van der Waals surface area contributed by atoms with E-state index in [9.17, 15) is 0 Å². The SMILES string of the molecule is NNC(c1ccccc1)C1C2CCc3ccccc3C21. The summed E-state index contributed by atoms with van der Waals surface area (Å²) in [5.41, 5.74) is 7.48. The standard InChI is InChI=1S/C18H20N2/c19-20-18(13-7-2-1-3-8-13)17-15-11-10-12-6-4-5-9-14(12)16(15)17/h1-9,15-18,20H,10-11,19H2. The zero-order valence-corrected chi connectivity index (χ0v) is 11.5. The molecule has 2 aliphatic rings. The smallest absolute Gasteiger partial charge is 0.0496 e. The normalized spacial score (nSPS) is 28.4. The second-order valence-corrected chi connectivity index (χ2v) is 6.06. The zero-order chi connectivity index (χ0) is 13.5. The molecule has 0 amide bonds. The molecule has 0 bridgehead atoms. The van der Waals surface area contributed by atoms with E-state index in [1.54, 1.807) is 11.1 Å². The Bertz CT molecular complexity index is 608. The largest absolute Gasteiger partial charge is 0.271 e. The molecule has 20 heavy (non-hydrogen) atoms. The number of hydrogen-bond acceptors (Lipinski definition) is 2. The second kappa shape index (κ2) is 4.72. The van der Waals surface area contributed by atoms with Gasteiger partial charge in [-0.15, -0.1) is 0 Å². The summed E-state index contributed by atoms with van der Waals surface area (Å²) < 4.78 is 0. The Balaban J connectivity index is 1.66. The number of nitrogens with two attached hydrogens (primary N) is 1. The molecule has 1 saturated carbocycles. The monoisotopic (exact) mass is 264 g/mol. The van der Waals surface area contributed by atoms with Crippen molar-refractivity contribution in [2.24, 2.45) is 17.7 Å². The van der Waals surface area contributed by atoms with Gasteiger partial charge in [0.15, 0.2) is 0 Å². The van der Waals surface area contributed by atoms with Gasteiger partial charge >= 0.3 is 0 Å². The Morgan fingerprint density at radius 3 is 2.55 bits per heavy atom. The minimum absolute atomic E-state index is 0.275. The van der Waals surface area contributed by atoms with E-state index in [2.05, 4.69) is 60.0 Å². The van der Waals surface area contributed by atoms with Crippen molar-refractivity contribution in [1.29, 1.82) is 0 Å². The first-order valence-electron chi connectivity index (χ1n) is 7.49. The number of aryl methyl sites for hydroxylation is 1. The zero-order valence-electron chi connectivity index (χ0n) is 11.5. The quantitative estimate of drug-likeness (QED) is 0.660. The molecule has 4 unspecified atom stereocenters. The first kappa shape index (κ1) is 12.1. The van der Waals surface area contributed by atoms with Crippen LogP contribution in [0.3, 0.4) is 0 Å². The molecule has 4 rings (SSSR count). The molecule has 4 atom stereocenters. The highest BCUT2D eigenvalue weighted by molar-refractivity contribution is 5.41. The average molecular weight is 264 g/mol. The molecule has 1 fully saturated rings. The minimum atomic E-state index is 0.275. The Kier molecular flexibility index (Phi) is 2.86. The molecule has 3 N–H and O–H groups in total. The molecule has 2 heteroatoms. The Morgan fingerprint density at radius 2 is 1.75 bits per heavy atom. The van der Waals surface area contributed by atoms with E-state index < -0.39 is 0 Å². The van der Waals surface area contributed by atoms with Gasteiger partial charge < -0.3 is 0 Å². The first-order chi connectivity index (χ1) is 9.90. The van der Waals surface area contributed by atoms with Crippen LogP contribution in [0.5, 0.6) is 0 Å². The van der Waals surface area contributed by atoms with Gasteiger partial charge in [0.25, 0.3) is 0 Å². The van der Waals surface area contributed by atoms with Gasteiger partial charge in [0, 0.05) is 6.04 Å². The van der Waals surface area contributed by atoms with Gasteiger partial charge in [-0.2, -0.15) is 0 Å². The van der Waals surface area contributed by atoms with E-state index in [0.29, 0.717) is 11.8 Å². The van der Waals surface area contributed by atoms with Crippen molar-refractivity contribution in [3.05, 3.63) is 71.3 Å². The molecular formula is C18H20N2. The van der Waals surface area contributed by atoms with Gasteiger partial charge in [0.2, 0.25) is 0 Å². The fourth-order valence-corrected chi connectivity index (χ4v) is 4.16. The maximum atomic E-state index is 5.87. The predicted molar refractivity (Wildman–Crippen MR) is 81.0 cm³/mol. The van der Waals surface area contributed by atoms with Crippen molar-refractivity contribution < 1.29 is 0 Å². The molecule has 2 nitrogen and oxygen atoms in total. The molecule has 2 aromatic carbocycles. The van der Waals surface area contributed by atoms with Crippen molar-refractivity contribution in [3.8, 4) is 0 Å². The van der Waals surface area contributed by atoms with Gasteiger partial charge in [-0.1, -0.05) is 54.6 Å². The van der Waals surface area contributed by atoms with Crippen LogP contribution < -0.4 is 11.3 Å². The molecule has 0 spiro atoms. The van der Waals surface area contributed by atoms with Crippen LogP contribution in [0.2, 0.25) is 0 Å². The topological polar surface area (TPSA) is 38.0 Å². The van der Waals surface area contributed by atoms with E-state index in [0.717, 1.165) is 5.92 Å². The molecule has 0 aromatic heterocycles. The molecule has 102 valence electrons. The van der Waals surface area contributed by atoms with E-state index in [1.165, 1.54) is 18.4 Å². The molecule has 0 radical (unpaired) electrons. The third-order valence-electron chi connectivity index (χ3n) is 5.11. The van der Waals surface area contributed by atoms with Crippen molar-refractivity contribution in [1.82, 2.24) is 5.43 Å². The summed E-state index contributed by atoms with van der Waals surface area (Å²) >= 11 is 0. The van der Waals surface area contributed by atoms with Crippen molar-refractivity contribution in [3.63, 3.8) is 0 Å². The lowest BCUT2D eigenvalue weighted by atomic mass is 9.92. The van der Waals surface area contributed by atoms with Crippen molar-refractivity contribution in [2.45, 2.75) is 24.8 Å². The predicted octanol–water partition coefficient (Wildman–Crippen LogP) is 3.17. The maximum Gasteiger partial charge on any atom is 0.0496 e. The van der Waals surface area contributed by atoms with Crippen LogP contribution in [0.25, 0.3) is 0 Å². The molecule has 2 aliphatic carbocycles. The lowest BCUT2D eigenvalue weighted by Crippen LogP contribution is -2.30. The third kappa shape index (κ3) is 1.80. The maximum absolute atomic E-state index is 5.87. The van der Waals surface area contributed by atoms with E-state index in [-0.39, 0.29) is 6.04 Å². The number of nitrogens with one attached hydrogen (secondary N) is 1. The van der Waals surface area contributed by atoms with Gasteiger partial charge in [-0.3, -0.25) is 11.3 Å². The number of rotatable bonds is 3. The van der Waals surface area contributed by atoms with Crippen LogP contribution in [0.4, 0.5) is 0 Å². The lowest BCUT2D eigenvalue weighted by Gasteiger charge is -2.16.